The third kappa shape index (κ3) is 4.55. The number of guanidine groups is 1. The highest BCUT2D eigenvalue weighted by Crippen LogP contribution is 2.28. The van der Waals surface area contributed by atoms with Crippen LogP contribution < -0.4 is 14.8 Å². The summed E-state index contributed by atoms with van der Waals surface area (Å²) in [5.74, 6) is 2.64. The molecule has 1 saturated heterocycles. The summed E-state index contributed by atoms with van der Waals surface area (Å²) in [5.41, 5.74) is 0.372. The Morgan fingerprint density at radius 2 is 1.95 bits per heavy atom. The van der Waals surface area contributed by atoms with E-state index in [1.165, 1.54) is 6.42 Å². The molecule has 0 aromatic heterocycles. The van der Waals surface area contributed by atoms with Crippen molar-refractivity contribution in [3.05, 3.63) is 24.3 Å². The van der Waals surface area contributed by atoms with E-state index in [2.05, 4.69) is 29.1 Å². The molecule has 1 aliphatic heterocycles. The largest absolute Gasteiger partial charge is 0.497 e. The Morgan fingerprint density at radius 1 is 1.27 bits per heavy atom. The number of nitrogens with zero attached hydrogens (tertiary/aromatic N) is 2. The number of rotatable bonds is 5. The Balaban J connectivity index is 1.73. The minimum absolute atomic E-state index is 0.372. The molecule has 122 valence electrons. The van der Waals surface area contributed by atoms with Crippen LogP contribution in [-0.2, 0) is 0 Å². The van der Waals surface area contributed by atoms with Crippen LogP contribution in [0.2, 0.25) is 0 Å². The van der Waals surface area contributed by atoms with Crippen LogP contribution in [0.3, 0.4) is 0 Å². The van der Waals surface area contributed by atoms with Gasteiger partial charge in [0.2, 0.25) is 0 Å². The monoisotopic (exact) mass is 305 g/mol. The first-order chi connectivity index (χ1) is 10.5. The Morgan fingerprint density at radius 3 is 2.50 bits per heavy atom. The highest BCUT2D eigenvalue weighted by atomic mass is 16.5. The van der Waals surface area contributed by atoms with Crippen molar-refractivity contribution >= 4 is 5.96 Å². The van der Waals surface area contributed by atoms with Crippen LogP contribution in [0.5, 0.6) is 11.5 Å². The van der Waals surface area contributed by atoms with E-state index in [0.29, 0.717) is 12.0 Å². The van der Waals surface area contributed by atoms with Gasteiger partial charge in [0.15, 0.2) is 5.96 Å². The van der Waals surface area contributed by atoms with Gasteiger partial charge in [-0.05, 0) is 36.1 Å². The van der Waals surface area contributed by atoms with Gasteiger partial charge < -0.3 is 19.7 Å². The van der Waals surface area contributed by atoms with E-state index in [-0.39, 0.29) is 0 Å². The van der Waals surface area contributed by atoms with Crippen molar-refractivity contribution in [1.82, 2.24) is 10.2 Å². The molecule has 2 rings (SSSR count). The molecule has 1 aromatic rings. The summed E-state index contributed by atoms with van der Waals surface area (Å²) in [6, 6.07) is 7.62. The smallest absolute Gasteiger partial charge is 0.193 e. The Kier molecular flexibility index (Phi) is 5.52. The molecule has 0 saturated carbocycles. The number of nitrogens with one attached hydrogen (secondary N) is 1. The Hall–Kier alpha value is -1.91. The van der Waals surface area contributed by atoms with Gasteiger partial charge in [-0.1, -0.05) is 13.8 Å². The zero-order valence-corrected chi connectivity index (χ0v) is 14.1. The zero-order valence-electron chi connectivity index (χ0n) is 14.1. The molecule has 1 aromatic carbocycles. The zero-order chi connectivity index (χ0) is 16.0. The molecule has 5 nitrogen and oxygen atoms in total. The van der Waals surface area contributed by atoms with E-state index in [1.54, 1.807) is 7.11 Å². The van der Waals surface area contributed by atoms with Crippen molar-refractivity contribution in [2.75, 3.05) is 40.4 Å². The van der Waals surface area contributed by atoms with Crippen LogP contribution >= 0.6 is 0 Å². The van der Waals surface area contributed by atoms with Crippen molar-refractivity contribution in [3.63, 3.8) is 0 Å². The molecule has 5 heteroatoms. The van der Waals surface area contributed by atoms with Crippen LogP contribution in [0.1, 0.15) is 20.3 Å². The van der Waals surface area contributed by atoms with Crippen LogP contribution in [0.4, 0.5) is 0 Å². The third-order valence-corrected chi connectivity index (χ3v) is 3.90. The number of hydrogen-bond donors (Lipinski definition) is 1. The SMILES string of the molecule is CN=C(NCCOc1ccc(OC)cc1)N1CCC(C)(C)C1. The maximum atomic E-state index is 5.71. The predicted octanol–water partition coefficient (Wildman–Crippen LogP) is 2.38. The van der Waals surface area contributed by atoms with Gasteiger partial charge in [0, 0.05) is 20.1 Å². The molecular weight excluding hydrogens is 278 g/mol. The van der Waals surface area contributed by atoms with Gasteiger partial charge in [-0.3, -0.25) is 4.99 Å². The summed E-state index contributed by atoms with van der Waals surface area (Å²) >= 11 is 0. The molecule has 0 amide bonds. The second kappa shape index (κ2) is 7.38. The second-order valence-electron chi connectivity index (χ2n) is 6.33. The molecular formula is C17H27N3O2. The van der Waals surface area contributed by atoms with E-state index in [9.17, 15) is 0 Å². The summed E-state index contributed by atoms with van der Waals surface area (Å²) in [5, 5.41) is 3.37. The number of hydrogen-bond acceptors (Lipinski definition) is 3. The van der Waals surface area contributed by atoms with Gasteiger partial charge in [0.1, 0.15) is 18.1 Å². The minimum Gasteiger partial charge on any atom is -0.497 e. The molecule has 22 heavy (non-hydrogen) atoms. The van der Waals surface area contributed by atoms with E-state index >= 15 is 0 Å². The van der Waals surface area contributed by atoms with Crippen molar-refractivity contribution < 1.29 is 9.47 Å². The lowest BCUT2D eigenvalue weighted by Gasteiger charge is -2.23. The van der Waals surface area contributed by atoms with Gasteiger partial charge in [-0.15, -0.1) is 0 Å². The number of methoxy groups -OCH3 is 1. The van der Waals surface area contributed by atoms with Crippen LogP contribution in [0, 0.1) is 5.41 Å². The van der Waals surface area contributed by atoms with Crippen LogP contribution in [-0.4, -0.2) is 51.3 Å². The first kappa shape index (κ1) is 16.5. The summed E-state index contributed by atoms with van der Waals surface area (Å²) in [4.78, 5) is 6.68. The fourth-order valence-corrected chi connectivity index (χ4v) is 2.63. The average Bonchev–Trinajstić information content (AvgIpc) is 2.88. The highest BCUT2D eigenvalue weighted by molar-refractivity contribution is 5.80. The second-order valence-corrected chi connectivity index (χ2v) is 6.33. The molecule has 1 heterocycles. The summed E-state index contributed by atoms with van der Waals surface area (Å²) in [6.45, 7) is 8.04. The minimum atomic E-state index is 0.372. The molecule has 0 aliphatic carbocycles. The predicted molar refractivity (Wildman–Crippen MR) is 89.8 cm³/mol. The van der Waals surface area contributed by atoms with Gasteiger partial charge in [0.25, 0.3) is 0 Å². The normalized spacial score (nSPS) is 17.5. The lowest BCUT2D eigenvalue weighted by atomic mass is 9.93. The Bertz CT molecular complexity index is 497. The van der Waals surface area contributed by atoms with Crippen molar-refractivity contribution in [2.24, 2.45) is 10.4 Å². The molecule has 1 aliphatic rings. The van der Waals surface area contributed by atoms with Crippen LogP contribution in [0.25, 0.3) is 0 Å². The van der Waals surface area contributed by atoms with Gasteiger partial charge in [-0.2, -0.15) is 0 Å². The fourth-order valence-electron chi connectivity index (χ4n) is 2.63. The quantitative estimate of drug-likeness (QED) is 0.515. The standard InChI is InChI=1S/C17H27N3O2/c1-17(2)9-11-20(13-17)16(18-3)19-10-12-22-15-7-5-14(21-4)6-8-15/h5-8H,9-13H2,1-4H3,(H,18,19). The number of likely N-dealkylation sites (tertiary alicyclic amines) is 1. The molecule has 1 N–H and O–H groups in total. The molecule has 0 bridgehead atoms. The summed E-state index contributed by atoms with van der Waals surface area (Å²) in [7, 11) is 3.49. The van der Waals surface area contributed by atoms with Gasteiger partial charge in [-0.25, -0.2) is 0 Å². The van der Waals surface area contributed by atoms with Crippen LogP contribution in [0.15, 0.2) is 29.3 Å². The number of aliphatic imine (C=N–C) groups is 1. The molecule has 1 fully saturated rings. The fraction of sp³-hybridized carbons (Fsp3) is 0.588. The molecule has 0 atom stereocenters. The average molecular weight is 305 g/mol. The number of ether oxygens (including phenoxy) is 2. The first-order valence-corrected chi connectivity index (χ1v) is 7.76. The molecule has 0 unspecified atom stereocenters. The third-order valence-electron chi connectivity index (χ3n) is 3.90. The van der Waals surface area contributed by atoms with Gasteiger partial charge in [0.05, 0.1) is 13.7 Å². The van der Waals surface area contributed by atoms with E-state index in [4.69, 9.17) is 9.47 Å². The lowest BCUT2D eigenvalue weighted by Crippen LogP contribution is -2.42. The maximum absolute atomic E-state index is 5.71. The van der Waals surface area contributed by atoms with Crippen molar-refractivity contribution in [2.45, 2.75) is 20.3 Å². The van der Waals surface area contributed by atoms with E-state index in [0.717, 1.165) is 37.1 Å². The molecule has 0 spiro atoms. The maximum Gasteiger partial charge on any atom is 0.193 e. The summed E-state index contributed by atoms with van der Waals surface area (Å²) in [6.07, 6.45) is 1.20. The number of benzene rings is 1. The van der Waals surface area contributed by atoms with Gasteiger partial charge >= 0.3 is 0 Å². The van der Waals surface area contributed by atoms with Crippen molar-refractivity contribution in [1.29, 1.82) is 0 Å². The highest BCUT2D eigenvalue weighted by Gasteiger charge is 2.30. The lowest BCUT2D eigenvalue weighted by molar-refractivity contribution is 0.316. The van der Waals surface area contributed by atoms with Crippen molar-refractivity contribution in [3.8, 4) is 11.5 Å². The molecule has 0 radical (unpaired) electrons. The van der Waals surface area contributed by atoms with E-state index < -0.39 is 0 Å². The first-order valence-electron chi connectivity index (χ1n) is 7.76. The van der Waals surface area contributed by atoms with E-state index in [1.807, 2.05) is 31.3 Å². The summed E-state index contributed by atoms with van der Waals surface area (Å²) < 4.78 is 10.8. The Labute approximate surface area is 133 Å². The topological polar surface area (TPSA) is 46.1 Å².